The molecule has 0 spiro atoms. The fourth-order valence-corrected chi connectivity index (χ4v) is 1.18. The summed E-state index contributed by atoms with van der Waals surface area (Å²) in [5.41, 5.74) is 1.02. The zero-order valence-electron chi connectivity index (χ0n) is 6.03. The van der Waals surface area contributed by atoms with E-state index >= 15 is 0 Å². The summed E-state index contributed by atoms with van der Waals surface area (Å²) < 4.78 is 3.71. The monoisotopic (exact) mass is 168 g/mol. The second-order valence-electron chi connectivity index (χ2n) is 2.37. The molecule has 0 bridgehead atoms. The molecular weight excluding hydrogens is 162 g/mol. The highest BCUT2D eigenvalue weighted by Gasteiger charge is 2.05. The van der Waals surface area contributed by atoms with Crippen LogP contribution in [-0.4, -0.2) is 9.61 Å². The van der Waals surface area contributed by atoms with E-state index in [0.29, 0.717) is 5.15 Å². The summed E-state index contributed by atoms with van der Waals surface area (Å²) in [7, 11) is 1.96. The van der Waals surface area contributed by atoms with Gasteiger partial charge in [-0.05, 0) is 6.07 Å². The Morgan fingerprint density at radius 2 is 2.36 bits per heavy atom. The van der Waals surface area contributed by atoms with E-state index in [0.717, 1.165) is 5.65 Å². The molecule has 11 heavy (non-hydrogen) atoms. The van der Waals surface area contributed by atoms with E-state index in [4.69, 9.17) is 11.6 Å². The van der Waals surface area contributed by atoms with Crippen molar-refractivity contribution in [2.75, 3.05) is 0 Å². The molecule has 2 rings (SSSR count). The van der Waals surface area contributed by atoms with Crippen molar-refractivity contribution in [2.45, 2.75) is 0 Å². The Labute approximate surface area is 68.8 Å². The third kappa shape index (κ3) is 0.973. The van der Waals surface area contributed by atoms with Crippen LogP contribution in [0.5, 0.6) is 0 Å². The average molecular weight is 169 g/mol. The molecule has 0 saturated heterocycles. The third-order valence-corrected chi connectivity index (χ3v) is 1.80. The Bertz CT molecular complexity index is 393. The fourth-order valence-electron chi connectivity index (χ4n) is 1.04. The Balaban J connectivity index is 2.86. The number of nitrogens with zero attached hydrogens (tertiary/aromatic N) is 3. The number of fused-ring (bicyclic) bond motifs is 1. The lowest BCUT2D eigenvalue weighted by Crippen LogP contribution is -2.25. The molecule has 0 radical (unpaired) electrons. The van der Waals surface area contributed by atoms with Crippen molar-refractivity contribution < 1.29 is 4.57 Å². The van der Waals surface area contributed by atoms with E-state index < -0.39 is 0 Å². The van der Waals surface area contributed by atoms with Gasteiger partial charge in [-0.2, -0.15) is 0 Å². The number of aryl methyl sites for hydroxylation is 1. The smallest absolute Gasteiger partial charge is 0.231 e. The van der Waals surface area contributed by atoms with Gasteiger partial charge in [0.2, 0.25) is 0 Å². The highest BCUT2D eigenvalue weighted by Crippen LogP contribution is 2.03. The molecule has 2 aromatic rings. The van der Waals surface area contributed by atoms with Gasteiger partial charge in [-0.1, -0.05) is 21.2 Å². The number of hydrogen-bond donors (Lipinski definition) is 0. The molecular formula is C7H7ClN3+. The first kappa shape index (κ1) is 6.61. The summed E-state index contributed by atoms with van der Waals surface area (Å²) in [4.78, 5) is 0. The molecule has 4 heteroatoms. The minimum atomic E-state index is 0.508. The van der Waals surface area contributed by atoms with Gasteiger partial charge < -0.3 is 0 Å². The first-order valence-electron chi connectivity index (χ1n) is 3.27. The maximum absolute atomic E-state index is 5.69. The Morgan fingerprint density at radius 3 is 3.18 bits per heavy atom. The van der Waals surface area contributed by atoms with E-state index in [1.165, 1.54) is 0 Å². The third-order valence-electron chi connectivity index (χ3n) is 1.60. The lowest BCUT2D eigenvalue weighted by atomic mass is 10.5. The van der Waals surface area contributed by atoms with Crippen molar-refractivity contribution in [3.05, 3.63) is 29.7 Å². The number of imidazole rings is 1. The Hall–Kier alpha value is -1.09. The zero-order chi connectivity index (χ0) is 7.84. The second-order valence-corrected chi connectivity index (χ2v) is 2.76. The van der Waals surface area contributed by atoms with Crippen LogP contribution in [0.15, 0.2) is 24.5 Å². The van der Waals surface area contributed by atoms with Crippen LogP contribution in [0.25, 0.3) is 5.65 Å². The highest BCUT2D eigenvalue weighted by atomic mass is 35.5. The maximum Gasteiger partial charge on any atom is 0.306 e. The van der Waals surface area contributed by atoms with Gasteiger partial charge in [0.15, 0.2) is 11.3 Å². The van der Waals surface area contributed by atoms with Gasteiger partial charge in [-0.15, -0.1) is 0 Å². The summed E-state index contributed by atoms with van der Waals surface area (Å²) in [6, 6.07) is 3.70. The van der Waals surface area contributed by atoms with E-state index in [1.54, 1.807) is 10.6 Å². The molecule has 0 atom stereocenters. The summed E-state index contributed by atoms with van der Waals surface area (Å²) in [5, 5.41) is 4.57. The van der Waals surface area contributed by atoms with Crippen LogP contribution < -0.4 is 4.57 Å². The molecule has 0 aliphatic rings. The van der Waals surface area contributed by atoms with Crippen LogP contribution >= 0.6 is 11.6 Å². The molecule has 0 unspecified atom stereocenters. The van der Waals surface area contributed by atoms with Crippen molar-refractivity contribution in [3.8, 4) is 0 Å². The second kappa shape index (κ2) is 2.20. The highest BCUT2D eigenvalue weighted by molar-refractivity contribution is 6.29. The molecule has 2 aromatic heterocycles. The molecule has 0 amide bonds. The van der Waals surface area contributed by atoms with Gasteiger partial charge in [0, 0.05) is 6.07 Å². The number of hydrogen-bond acceptors (Lipinski definition) is 1. The summed E-state index contributed by atoms with van der Waals surface area (Å²) in [6.07, 6.45) is 3.79. The predicted molar refractivity (Wildman–Crippen MR) is 41.4 cm³/mol. The molecule has 0 N–H and O–H groups in total. The minimum absolute atomic E-state index is 0.508. The van der Waals surface area contributed by atoms with Gasteiger partial charge in [-0.3, -0.25) is 0 Å². The Morgan fingerprint density at radius 1 is 1.55 bits per heavy atom. The van der Waals surface area contributed by atoms with Crippen LogP contribution in [0.3, 0.4) is 0 Å². The van der Waals surface area contributed by atoms with E-state index in [-0.39, 0.29) is 0 Å². The van der Waals surface area contributed by atoms with E-state index in [2.05, 4.69) is 5.10 Å². The molecule has 0 aliphatic heterocycles. The van der Waals surface area contributed by atoms with Crippen molar-refractivity contribution in [3.63, 3.8) is 0 Å². The lowest BCUT2D eigenvalue weighted by molar-refractivity contribution is -0.644. The van der Waals surface area contributed by atoms with Gasteiger partial charge in [0.25, 0.3) is 0 Å². The minimum Gasteiger partial charge on any atom is -0.231 e. The van der Waals surface area contributed by atoms with Crippen LogP contribution in [0, 0.1) is 0 Å². The molecule has 0 aliphatic carbocycles. The van der Waals surface area contributed by atoms with E-state index in [9.17, 15) is 0 Å². The van der Waals surface area contributed by atoms with Gasteiger partial charge in [-0.25, -0.2) is 4.57 Å². The van der Waals surface area contributed by atoms with Crippen LogP contribution in [0.2, 0.25) is 5.15 Å². The summed E-state index contributed by atoms with van der Waals surface area (Å²) in [6.45, 7) is 0. The number of rotatable bonds is 0. The van der Waals surface area contributed by atoms with Crippen molar-refractivity contribution in [2.24, 2.45) is 7.05 Å². The molecule has 2 heterocycles. The van der Waals surface area contributed by atoms with Crippen LogP contribution in [-0.2, 0) is 7.05 Å². The lowest BCUT2D eigenvalue weighted by Gasteiger charge is -1.86. The first-order chi connectivity index (χ1) is 5.27. The molecule has 0 saturated carbocycles. The van der Waals surface area contributed by atoms with Crippen LogP contribution in [0.4, 0.5) is 0 Å². The van der Waals surface area contributed by atoms with Crippen molar-refractivity contribution in [1.29, 1.82) is 0 Å². The fraction of sp³-hybridized carbons (Fsp3) is 0.143. The maximum atomic E-state index is 5.69. The first-order valence-corrected chi connectivity index (χ1v) is 3.65. The SMILES string of the molecule is C[n+]1ccn2nc(Cl)ccc21. The van der Waals surface area contributed by atoms with Gasteiger partial charge in [0.05, 0.1) is 7.05 Å². The largest absolute Gasteiger partial charge is 0.306 e. The van der Waals surface area contributed by atoms with Gasteiger partial charge >= 0.3 is 5.65 Å². The van der Waals surface area contributed by atoms with Gasteiger partial charge in [0.1, 0.15) is 6.20 Å². The number of aromatic nitrogens is 3. The van der Waals surface area contributed by atoms with Crippen molar-refractivity contribution in [1.82, 2.24) is 9.61 Å². The van der Waals surface area contributed by atoms with Crippen LogP contribution in [0.1, 0.15) is 0 Å². The Kier molecular flexibility index (Phi) is 1.32. The molecule has 0 fully saturated rings. The average Bonchev–Trinajstić information content (AvgIpc) is 2.32. The number of halogens is 1. The topological polar surface area (TPSA) is 21.2 Å². The normalized spacial score (nSPS) is 10.7. The standard InChI is InChI=1S/C7H7ClN3/c1-10-4-5-11-7(10)3-2-6(8)9-11/h2-5H,1H3/q+1. The summed E-state index contributed by atoms with van der Waals surface area (Å²) in [5.74, 6) is 0. The summed E-state index contributed by atoms with van der Waals surface area (Å²) >= 11 is 5.69. The molecule has 56 valence electrons. The molecule has 3 nitrogen and oxygen atoms in total. The van der Waals surface area contributed by atoms with Crippen molar-refractivity contribution >= 4 is 17.2 Å². The zero-order valence-corrected chi connectivity index (χ0v) is 6.78. The quantitative estimate of drug-likeness (QED) is 0.534. The predicted octanol–water partition coefficient (Wildman–Crippen LogP) is 0.812. The molecule has 0 aromatic carbocycles. The van der Waals surface area contributed by atoms with E-state index in [1.807, 2.05) is 30.1 Å².